The van der Waals surface area contributed by atoms with E-state index in [1.54, 1.807) is 6.20 Å². The highest BCUT2D eigenvalue weighted by atomic mass is 79.9. The van der Waals surface area contributed by atoms with E-state index in [-0.39, 0.29) is 0 Å². The number of hydrogen-bond donors (Lipinski definition) is 1. The van der Waals surface area contributed by atoms with Crippen molar-refractivity contribution < 1.29 is 0 Å². The van der Waals surface area contributed by atoms with Crippen LogP contribution in [0.3, 0.4) is 0 Å². The van der Waals surface area contributed by atoms with Crippen LogP contribution in [-0.2, 0) is 0 Å². The van der Waals surface area contributed by atoms with Crippen LogP contribution in [0.5, 0.6) is 0 Å². The molecule has 0 spiro atoms. The third kappa shape index (κ3) is 2.93. The molecule has 0 aliphatic carbocycles. The molecule has 3 aromatic rings. The molecule has 0 aliphatic heterocycles. The van der Waals surface area contributed by atoms with Crippen molar-refractivity contribution in [3.8, 4) is 5.69 Å². The number of anilines is 2. The lowest BCUT2D eigenvalue weighted by atomic mass is 10.3. The number of benzene rings is 2. The average Bonchev–Trinajstić information content (AvgIpc) is 2.97. The molecule has 21 heavy (non-hydrogen) atoms. The molecule has 6 heteroatoms. The second-order valence-corrected chi connectivity index (χ2v) is 5.91. The second-order valence-electron chi connectivity index (χ2n) is 4.30. The summed E-state index contributed by atoms with van der Waals surface area (Å²) in [5.74, 6) is 0.668. The van der Waals surface area contributed by atoms with Gasteiger partial charge in [-0.1, -0.05) is 41.4 Å². The third-order valence-electron chi connectivity index (χ3n) is 2.96. The van der Waals surface area contributed by atoms with Crippen molar-refractivity contribution >= 4 is 50.8 Å². The zero-order valence-corrected chi connectivity index (χ0v) is 13.8. The Balaban J connectivity index is 1.98. The van der Waals surface area contributed by atoms with E-state index in [9.17, 15) is 0 Å². The van der Waals surface area contributed by atoms with Crippen LogP contribution in [0.25, 0.3) is 5.69 Å². The monoisotopic (exact) mass is 381 g/mol. The van der Waals surface area contributed by atoms with Gasteiger partial charge in [-0.15, -0.1) is 0 Å². The van der Waals surface area contributed by atoms with Gasteiger partial charge >= 0.3 is 0 Å². The van der Waals surface area contributed by atoms with Crippen molar-refractivity contribution in [3.05, 3.63) is 69.4 Å². The van der Waals surface area contributed by atoms with Crippen molar-refractivity contribution in [3.63, 3.8) is 0 Å². The number of aromatic nitrogens is 2. The van der Waals surface area contributed by atoms with Crippen molar-refractivity contribution in [2.45, 2.75) is 0 Å². The van der Waals surface area contributed by atoms with E-state index in [2.05, 4.69) is 26.2 Å². The Kier molecular flexibility index (Phi) is 4.19. The van der Waals surface area contributed by atoms with Gasteiger partial charge < -0.3 is 5.32 Å². The molecular weight excluding hydrogens is 373 g/mol. The number of hydrogen-bond acceptors (Lipinski definition) is 2. The molecule has 106 valence electrons. The van der Waals surface area contributed by atoms with Gasteiger partial charge in [0.2, 0.25) is 5.95 Å². The first kappa shape index (κ1) is 14.4. The molecule has 2 aromatic carbocycles. The Morgan fingerprint density at radius 1 is 1.00 bits per heavy atom. The van der Waals surface area contributed by atoms with Gasteiger partial charge in [-0.05, 0) is 40.2 Å². The molecule has 3 rings (SSSR count). The van der Waals surface area contributed by atoms with Gasteiger partial charge in [-0.3, -0.25) is 4.57 Å². The molecule has 0 saturated heterocycles. The number of imidazole rings is 1. The molecule has 1 aromatic heterocycles. The minimum Gasteiger partial charge on any atom is -0.324 e. The average molecular weight is 383 g/mol. The van der Waals surface area contributed by atoms with E-state index >= 15 is 0 Å². The fraction of sp³-hybridized carbons (Fsp3) is 0. The molecule has 0 radical (unpaired) electrons. The van der Waals surface area contributed by atoms with Crippen LogP contribution in [0.15, 0.2) is 59.3 Å². The Morgan fingerprint density at radius 3 is 2.52 bits per heavy atom. The number of nitrogens with one attached hydrogen (secondary N) is 1. The van der Waals surface area contributed by atoms with Crippen LogP contribution in [0.2, 0.25) is 10.0 Å². The predicted octanol–water partition coefficient (Wildman–Crippen LogP) is 5.69. The minimum atomic E-state index is 0.452. The third-order valence-corrected chi connectivity index (χ3v) is 4.73. The summed E-state index contributed by atoms with van der Waals surface area (Å²) in [6.45, 7) is 0. The summed E-state index contributed by atoms with van der Waals surface area (Å²) in [6.07, 6.45) is 3.61. The van der Waals surface area contributed by atoms with Crippen LogP contribution in [-0.4, -0.2) is 9.55 Å². The van der Waals surface area contributed by atoms with E-state index in [1.807, 2.05) is 53.2 Å². The van der Waals surface area contributed by atoms with Gasteiger partial charge in [0.25, 0.3) is 0 Å². The summed E-state index contributed by atoms with van der Waals surface area (Å²) < 4.78 is 2.69. The lowest BCUT2D eigenvalue weighted by Gasteiger charge is -2.12. The fourth-order valence-electron chi connectivity index (χ4n) is 1.94. The molecule has 3 nitrogen and oxygen atoms in total. The molecule has 0 amide bonds. The highest BCUT2D eigenvalue weighted by Gasteiger charge is 2.11. The Labute approximate surface area is 140 Å². The smallest absolute Gasteiger partial charge is 0.212 e. The highest BCUT2D eigenvalue weighted by Crippen LogP contribution is 2.37. The van der Waals surface area contributed by atoms with E-state index in [0.717, 1.165) is 10.2 Å². The van der Waals surface area contributed by atoms with Crippen molar-refractivity contribution in [2.24, 2.45) is 0 Å². The van der Waals surface area contributed by atoms with E-state index in [1.165, 1.54) is 0 Å². The molecule has 0 unspecified atom stereocenters. The summed E-state index contributed by atoms with van der Waals surface area (Å²) >= 11 is 15.7. The second kappa shape index (κ2) is 6.10. The van der Waals surface area contributed by atoms with Gasteiger partial charge in [-0.2, -0.15) is 0 Å². The van der Waals surface area contributed by atoms with E-state index in [4.69, 9.17) is 23.2 Å². The zero-order chi connectivity index (χ0) is 14.8. The highest BCUT2D eigenvalue weighted by molar-refractivity contribution is 9.10. The molecular formula is C15H10BrCl2N3. The molecule has 1 N–H and O–H groups in total. The summed E-state index contributed by atoms with van der Waals surface area (Å²) in [6, 6.07) is 13.6. The normalized spacial score (nSPS) is 10.6. The number of halogens is 3. The van der Waals surface area contributed by atoms with E-state index < -0.39 is 0 Å². The van der Waals surface area contributed by atoms with Crippen molar-refractivity contribution in [1.82, 2.24) is 9.55 Å². The van der Waals surface area contributed by atoms with Crippen LogP contribution in [0, 0.1) is 0 Å². The maximum Gasteiger partial charge on any atom is 0.212 e. The van der Waals surface area contributed by atoms with Gasteiger partial charge in [0.05, 0.1) is 15.7 Å². The van der Waals surface area contributed by atoms with Gasteiger partial charge in [0.1, 0.15) is 0 Å². The maximum absolute atomic E-state index is 6.25. The first-order valence-corrected chi connectivity index (χ1v) is 7.71. The number of rotatable bonds is 3. The quantitative estimate of drug-likeness (QED) is 0.590. The first-order chi connectivity index (χ1) is 10.2. The molecule has 0 saturated carbocycles. The molecule has 0 bridgehead atoms. The van der Waals surface area contributed by atoms with Crippen LogP contribution in [0.1, 0.15) is 0 Å². The summed E-state index contributed by atoms with van der Waals surface area (Å²) in [5.41, 5.74) is 1.71. The Morgan fingerprint density at radius 2 is 1.76 bits per heavy atom. The zero-order valence-electron chi connectivity index (χ0n) is 10.7. The maximum atomic E-state index is 6.25. The van der Waals surface area contributed by atoms with Gasteiger partial charge in [0.15, 0.2) is 0 Å². The van der Waals surface area contributed by atoms with Gasteiger partial charge in [-0.25, -0.2) is 4.98 Å². The SMILES string of the molecule is Clc1c(Br)ccc(Nc2nccn2-c2ccccc2)c1Cl. The standard InChI is InChI=1S/C15H10BrCl2N3/c16-11-6-7-12(14(18)13(11)17)20-15-19-8-9-21(15)10-4-2-1-3-5-10/h1-9H,(H,19,20). The summed E-state index contributed by atoms with van der Waals surface area (Å²) in [5, 5.41) is 4.13. The lowest BCUT2D eigenvalue weighted by Crippen LogP contribution is -2.01. The first-order valence-electron chi connectivity index (χ1n) is 6.16. The number of nitrogens with zero attached hydrogens (tertiary/aromatic N) is 2. The predicted molar refractivity (Wildman–Crippen MR) is 91.0 cm³/mol. The Bertz CT molecular complexity index is 772. The summed E-state index contributed by atoms with van der Waals surface area (Å²) in [4.78, 5) is 4.32. The molecule has 0 aliphatic rings. The van der Waals surface area contributed by atoms with Crippen molar-refractivity contribution in [2.75, 3.05) is 5.32 Å². The summed E-state index contributed by atoms with van der Waals surface area (Å²) in [7, 11) is 0. The molecule has 1 heterocycles. The molecule has 0 atom stereocenters. The lowest BCUT2D eigenvalue weighted by molar-refractivity contribution is 1.06. The largest absolute Gasteiger partial charge is 0.324 e. The fourth-order valence-corrected chi connectivity index (χ4v) is 2.76. The van der Waals surface area contributed by atoms with E-state index in [0.29, 0.717) is 21.7 Å². The van der Waals surface area contributed by atoms with Crippen LogP contribution < -0.4 is 5.32 Å². The number of para-hydroxylation sites is 1. The topological polar surface area (TPSA) is 29.9 Å². The van der Waals surface area contributed by atoms with Crippen LogP contribution in [0.4, 0.5) is 11.6 Å². The Hall–Kier alpha value is -1.49. The van der Waals surface area contributed by atoms with Crippen LogP contribution >= 0.6 is 39.1 Å². The van der Waals surface area contributed by atoms with Crippen molar-refractivity contribution in [1.29, 1.82) is 0 Å². The van der Waals surface area contributed by atoms with Gasteiger partial charge in [0, 0.05) is 22.6 Å². The minimum absolute atomic E-state index is 0.452. The molecule has 0 fully saturated rings.